The van der Waals surface area contributed by atoms with Crippen molar-refractivity contribution >= 4 is 0 Å². The van der Waals surface area contributed by atoms with Crippen LogP contribution in [-0.2, 0) is 0 Å². The molecule has 0 aromatic rings. The van der Waals surface area contributed by atoms with Crippen molar-refractivity contribution in [2.24, 2.45) is 5.92 Å². The molecule has 0 aromatic carbocycles. The highest BCUT2D eigenvalue weighted by molar-refractivity contribution is 4.94. The molecule has 1 saturated carbocycles. The van der Waals surface area contributed by atoms with Crippen molar-refractivity contribution in [2.45, 2.75) is 84.1 Å². The van der Waals surface area contributed by atoms with E-state index in [9.17, 15) is 0 Å². The fraction of sp³-hybridized carbons (Fsp3) is 1.00. The van der Waals surface area contributed by atoms with Gasteiger partial charge in [-0.1, -0.05) is 45.4 Å². The van der Waals surface area contributed by atoms with E-state index in [0.717, 1.165) is 5.92 Å². The lowest BCUT2D eigenvalue weighted by molar-refractivity contribution is 0.337. The van der Waals surface area contributed by atoms with Gasteiger partial charge in [-0.3, -0.25) is 0 Å². The Morgan fingerprint density at radius 1 is 0.938 bits per heavy atom. The lowest BCUT2D eigenvalue weighted by atomic mass is 9.98. The second-order valence-electron chi connectivity index (χ2n) is 6.04. The van der Waals surface area contributed by atoms with E-state index in [0.29, 0.717) is 5.54 Å². The minimum Gasteiger partial charge on any atom is -0.312 e. The predicted molar refractivity (Wildman–Crippen MR) is 72.8 cm³/mol. The molecule has 1 aliphatic carbocycles. The summed E-state index contributed by atoms with van der Waals surface area (Å²) in [6.45, 7) is 8.24. The lowest BCUT2D eigenvalue weighted by Crippen LogP contribution is -2.41. The maximum Gasteiger partial charge on any atom is 0.0153 e. The number of unbranched alkanes of at least 4 members (excludes halogenated alkanes) is 6. The molecule has 1 nitrogen and oxygen atoms in total. The number of hydrogen-bond acceptors (Lipinski definition) is 1. The average Bonchev–Trinajstić information content (AvgIpc) is 3.05. The van der Waals surface area contributed by atoms with E-state index in [4.69, 9.17) is 0 Å². The summed E-state index contributed by atoms with van der Waals surface area (Å²) in [5, 5.41) is 3.72. The topological polar surface area (TPSA) is 12.0 Å². The van der Waals surface area contributed by atoms with Crippen molar-refractivity contribution in [3.05, 3.63) is 0 Å². The Morgan fingerprint density at radius 3 is 2.06 bits per heavy atom. The molecule has 0 amide bonds. The Morgan fingerprint density at radius 2 is 1.50 bits per heavy atom. The first-order valence-corrected chi connectivity index (χ1v) is 7.42. The summed E-state index contributed by atoms with van der Waals surface area (Å²) < 4.78 is 0. The summed E-state index contributed by atoms with van der Waals surface area (Å²) in [5.74, 6) is 0.956. The molecule has 1 N–H and O–H groups in total. The van der Waals surface area contributed by atoms with Gasteiger partial charge in [0.1, 0.15) is 0 Å². The largest absolute Gasteiger partial charge is 0.312 e. The minimum atomic E-state index is 0.405. The summed E-state index contributed by atoms with van der Waals surface area (Å²) in [6.07, 6.45) is 12.8. The van der Waals surface area contributed by atoms with Crippen molar-refractivity contribution in [1.29, 1.82) is 0 Å². The lowest BCUT2D eigenvalue weighted by Gasteiger charge is -2.26. The average molecular weight is 225 g/mol. The van der Waals surface area contributed by atoms with Crippen molar-refractivity contribution in [3.8, 4) is 0 Å². The van der Waals surface area contributed by atoms with Gasteiger partial charge in [0.25, 0.3) is 0 Å². The SMILES string of the molecule is CCCCCCCCCNC(C)(C)C1CC1. The van der Waals surface area contributed by atoms with Gasteiger partial charge in [0.05, 0.1) is 0 Å². The van der Waals surface area contributed by atoms with Crippen LogP contribution in [0.25, 0.3) is 0 Å². The molecule has 0 bridgehead atoms. The fourth-order valence-electron chi connectivity index (χ4n) is 2.44. The van der Waals surface area contributed by atoms with Crippen LogP contribution in [0.2, 0.25) is 0 Å². The highest BCUT2D eigenvalue weighted by atomic mass is 15.0. The number of rotatable bonds is 10. The third-order valence-corrected chi connectivity index (χ3v) is 3.96. The molecule has 96 valence electrons. The van der Waals surface area contributed by atoms with Crippen molar-refractivity contribution in [3.63, 3.8) is 0 Å². The van der Waals surface area contributed by atoms with Gasteiger partial charge in [-0.05, 0) is 45.6 Å². The van der Waals surface area contributed by atoms with Crippen LogP contribution < -0.4 is 5.32 Å². The van der Waals surface area contributed by atoms with E-state index in [1.54, 1.807) is 0 Å². The number of hydrogen-bond donors (Lipinski definition) is 1. The standard InChI is InChI=1S/C15H31N/c1-4-5-6-7-8-9-10-13-16-15(2,3)14-11-12-14/h14,16H,4-13H2,1-3H3. The minimum absolute atomic E-state index is 0.405. The van der Waals surface area contributed by atoms with Gasteiger partial charge in [-0.2, -0.15) is 0 Å². The van der Waals surface area contributed by atoms with Crippen LogP contribution >= 0.6 is 0 Å². The molecule has 16 heavy (non-hydrogen) atoms. The van der Waals surface area contributed by atoms with Gasteiger partial charge in [0, 0.05) is 5.54 Å². The Balaban J connectivity index is 1.84. The first-order valence-electron chi connectivity index (χ1n) is 7.42. The monoisotopic (exact) mass is 225 g/mol. The van der Waals surface area contributed by atoms with Gasteiger partial charge >= 0.3 is 0 Å². The molecule has 0 spiro atoms. The fourth-order valence-corrected chi connectivity index (χ4v) is 2.44. The smallest absolute Gasteiger partial charge is 0.0153 e. The van der Waals surface area contributed by atoms with Gasteiger partial charge in [0.2, 0.25) is 0 Å². The Kier molecular flexibility index (Phi) is 6.41. The van der Waals surface area contributed by atoms with Crippen LogP contribution in [0.1, 0.15) is 78.6 Å². The highest BCUT2D eigenvalue weighted by Gasteiger charge is 2.36. The van der Waals surface area contributed by atoms with Crippen LogP contribution in [0.15, 0.2) is 0 Å². The van der Waals surface area contributed by atoms with Crippen molar-refractivity contribution in [1.82, 2.24) is 5.32 Å². The zero-order valence-corrected chi connectivity index (χ0v) is 11.6. The summed E-state index contributed by atoms with van der Waals surface area (Å²) >= 11 is 0. The molecule has 0 aromatic heterocycles. The summed E-state index contributed by atoms with van der Waals surface area (Å²) in [5.41, 5.74) is 0.405. The van der Waals surface area contributed by atoms with Crippen molar-refractivity contribution in [2.75, 3.05) is 6.54 Å². The Bertz CT molecular complexity index is 170. The summed E-state index contributed by atoms with van der Waals surface area (Å²) in [4.78, 5) is 0. The van der Waals surface area contributed by atoms with Gasteiger partial charge in [-0.15, -0.1) is 0 Å². The third-order valence-electron chi connectivity index (χ3n) is 3.96. The van der Waals surface area contributed by atoms with Gasteiger partial charge < -0.3 is 5.32 Å². The quantitative estimate of drug-likeness (QED) is 0.539. The zero-order chi connectivity index (χ0) is 11.9. The first kappa shape index (κ1) is 14.0. The molecule has 0 radical (unpaired) electrons. The van der Waals surface area contributed by atoms with Crippen LogP contribution in [-0.4, -0.2) is 12.1 Å². The molecule has 1 fully saturated rings. The predicted octanol–water partition coefficient (Wildman–Crippen LogP) is 4.52. The Hall–Kier alpha value is -0.0400. The molecular formula is C15H31N. The number of nitrogens with one attached hydrogen (secondary N) is 1. The van der Waals surface area contributed by atoms with E-state index >= 15 is 0 Å². The Labute approximate surface area is 102 Å². The second kappa shape index (κ2) is 7.32. The second-order valence-corrected chi connectivity index (χ2v) is 6.04. The van der Waals surface area contributed by atoms with Crippen molar-refractivity contribution < 1.29 is 0 Å². The summed E-state index contributed by atoms with van der Waals surface area (Å²) in [7, 11) is 0. The van der Waals surface area contributed by atoms with Crippen LogP contribution in [0.4, 0.5) is 0 Å². The molecule has 0 saturated heterocycles. The first-order chi connectivity index (χ1) is 7.67. The van der Waals surface area contributed by atoms with Gasteiger partial charge in [-0.25, -0.2) is 0 Å². The van der Waals surface area contributed by atoms with E-state index in [-0.39, 0.29) is 0 Å². The maximum absolute atomic E-state index is 3.72. The van der Waals surface area contributed by atoms with E-state index in [1.165, 1.54) is 64.3 Å². The molecule has 1 rings (SSSR count). The molecule has 0 unspecified atom stereocenters. The van der Waals surface area contributed by atoms with E-state index in [1.807, 2.05) is 0 Å². The molecule has 0 heterocycles. The van der Waals surface area contributed by atoms with Crippen LogP contribution in [0.5, 0.6) is 0 Å². The highest BCUT2D eigenvalue weighted by Crippen LogP contribution is 2.39. The molecule has 1 aliphatic rings. The zero-order valence-electron chi connectivity index (χ0n) is 11.6. The molecular weight excluding hydrogens is 194 g/mol. The maximum atomic E-state index is 3.72. The van der Waals surface area contributed by atoms with Gasteiger partial charge in [0.15, 0.2) is 0 Å². The van der Waals surface area contributed by atoms with Crippen LogP contribution in [0, 0.1) is 5.92 Å². The molecule has 0 atom stereocenters. The van der Waals surface area contributed by atoms with Crippen LogP contribution in [0.3, 0.4) is 0 Å². The summed E-state index contributed by atoms with van der Waals surface area (Å²) in [6, 6.07) is 0. The normalized spacial score (nSPS) is 16.7. The molecule has 0 aliphatic heterocycles. The van der Waals surface area contributed by atoms with E-state index in [2.05, 4.69) is 26.1 Å². The van der Waals surface area contributed by atoms with E-state index < -0.39 is 0 Å². The molecule has 1 heteroatoms. The third kappa shape index (κ3) is 5.89.